The van der Waals surface area contributed by atoms with Gasteiger partial charge in [0.15, 0.2) is 0 Å². The molecular formula is C36H46N4O5. The Morgan fingerprint density at radius 3 is 2.09 bits per heavy atom. The van der Waals surface area contributed by atoms with E-state index in [0.717, 1.165) is 16.7 Å². The highest BCUT2D eigenvalue weighted by Gasteiger charge is 2.33. The number of carbonyl (C=O) groups excluding carboxylic acids is 3. The van der Waals surface area contributed by atoms with Crippen LogP contribution in [0.15, 0.2) is 91.0 Å². The van der Waals surface area contributed by atoms with Crippen molar-refractivity contribution in [3.8, 4) is 0 Å². The van der Waals surface area contributed by atoms with Crippen LogP contribution in [0.5, 0.6) is 0 Å². The first-order valence-electron chi connectivity index (χ1n) is 15.7. The molecule has 1 heterocycles. The van der Waals surface area contributed by atoms with Gasteiger partial charge in [-0.3, -0.25) is 4.79 Å². The summed E-state index contributed by atoms with van der Waals surface area (Å²) in [5.41, 5.74) is 2.60. The average Bonchev–Trinajstić information content (AvgIpc) is 3.18. The molecule has 0 spiro atoms. The second-order valence-electron chi connectivity index (χ2n) is 12.4. The van der Waals surface area contributed by atoms with Crippen molar-refractivity contribution >= 4 is 18.1 Å². The zero-order valence-corrected chi connectivity index (χ0v) is 26.5. The predicted molar refractivity (Wildman–Crippen MR) is 175 cm³/mol. The van der Waals surface area contributed by atoms with Crippen LogP contribution in [0.25, 0.3) is 0 Å². The topological polar surface area (TPSA) is 109 Å². The summed E-state index contributed by atoms with van der Waals surface area (Å²) in [6.45, 7) is 7.44. The van der Waals surface area contributed by atoms with E-state index in [4.69, 9.17) is 9.47 Å². The second-order valence-corrected chi connectivity index (χ2v) is 12.4. The zero-order valence-electron chi connectivity index (χ0n) is 26.5. The summed E-state index contributed by atoms with van der Waals surface area (Å²) in [6.07, 6.45) is 0.773. The van der Waals surface area contributed by atoms with Gasteiger partial charge in [0.25, 0.3) is 0 Å². The maximum atomic E-state index is 14.0. The number of amides is 3. The molecule has 1 saturated heterocycles. The Labute approximate surface area is 266 Å². The van der Waals surface area contributed by atoms with E-state index in [-0.39, 0.29) is 24.5 Å². The molecule has 1 fully saturated rings. The Kier molecular flexibility index (Phi) is 12.4. The van der Waals surface area contributed by atoms with Crippen LogP contribution in [0.1, 0.15) is 62.6 Å². The maximum absolute atomic E-state index is 14.0. The summed E-state index contributed by atoms with van der Waals surface area (Å²) < 4.78 is 10.7. The van der Waals surface area contributed by atoms with E-state index in [1.165, 1.54) is 0 Å². The summed E-state index contributed by atoms with van der Waals surface area (Å²) in [6, 6.07) is 29.4. The molecule has 0 unspecified atom stereocenters. The van der Waals surface area contributed by atoms with E-state index in [9.17, 15) is 14.4 Å². The van der Waals surface area contributed by atoms with E-state index in [2.05, 4.69) is 40.2 Å². The van der Waals surface area contributed by atoms with E-state index in [1.807, 2.05) is 92.4 Å². The molecule has 3 amide bonds. The van der Waals surface area contributed by atoms with Crippen molar-refractivity contribution in [2.24, 2.45) is 0 Å². The molecule has 9 nitrogen and oxygen atoms in total. The Morgan fingerprint density at radius 2 is 1.49 bits per heavy atom. The molecule has 45 heavy (non-hydrogen) atoms. The lowest BCUT2D eigenvalue weighted by atomic mass is 9.90. The summed E-state index contributed by atoms with van der Waals surface area (Å²) in [5.74, 6) is 0.0211. The van der Waals surface area contributed by atoms with Crippen LogP contribution < -0.4 is 16.0 Å². The fourth-order valence-corrected chi connectivity index (χ4v) is 5.42. The molecule has 2 atom stereocenters. The van der Waals surface area contributed by atoms with E-state index in [0.29, 0.717) is 45.4 Å². The van der Waals surface area contributed by atoms with Crippen molar-refractivity contribution in [2.45, 2.75) is 70.2 Å². The van der Waals surface area contributed by atoms with Gasteiger partial charge in [-0.05, 0) is 56.7 Å². The summed E-state index contributed by atoms with van der Waals surface area (Å²) in [7, 11) is 0. The van der Waals surface area contributed by atoms with Crippen molar-refractivity contribution in [3.05, 3.63) is 108 Å². The third-order valence-electron chi connectivity index (χ3n) is 7.64. The molecular weight excluding hydrogens is 568 g/mol. The molecule has 0 radical (unpaired) electrons. The summed E-state index contributed by atoms with van der Waals surface area (Å²) in [5, 5.41) is 9.15. The highest BCUT2D eigenvalue weighted by Crippen LogP contribution is 2.27. The number of rotatable bonds is 12. The largest absolute Gasteiger partial charge is 0.445 e. The molecule has 9 heteroatoms. The third-order valence-corrected chi connectivity index (χ3v) is 7.64. The van der Waals surface area contributed by atoms with Gasteiger partial charge in [-0.1, -0.05) is 91.0 Å². The molecule has 0 aromatic heterocycles. The number of nitrogens with zero attached hydrogens (tertiary/aromatic N) is 1. The fraction of sp³-hybridized carbons (Fsp3) is 0.417. The maximum Gasteiger partial charge on any atom is 0.407 e. The first-order chi connectivity index (χ1) is 21.7. The normalized spacial score (nSPS) is 17.0. The van der Waals surface area contributed by atoms with Gasteiger partial charge in [-0.15, -0.1) is 0 Å². The molecule has 240 valence electrons. The number of hydrogen-bond acceptors (Lipinski definition) is 6. The van der Waals surface area contributed by atoms with Crippen molar-refractivity contribution in [1.29, 1.82) is 0 Å². The van der Waals surface area contributed by atoms with Crippen molar-refractivity contribution in [1.82, 2.24) is 20.9 Å². The Balaban J connectivity index is 1.41. The van der Waals surface area contributed by atoms with Crippen LogP contribution in [0.2, 0.25) is 0 Å². The van der Waals surface area contributed by atoms with Gasteiger partial charge >= 0.3 is 12.2 Å². The molecule has 1 aliphatic heterocycles. The number of nitrogens with one attached hydrogen (secondary N) is 3. The number of ether oxygens (including phenoxy) is 2. The second kappa shape index (κ2) is 16.6. The number of benzene rings is 3. The lowest BCUT2D eigenvalue weighted by Crippen LogP contribution is -2.49. The van der Waals surface area contributed by atoms with Crippen LogP contribution in [0.4, 0.5) is 9.59 Å². The Hall–Kier alpha value is -4.37. The first kappa shape index (κ1) is 33.5. The van der Waals surface area contributed by atoms with Gasteiger partial charge in [-0.2, -0.15) is 0 Å². The lowest BCUT2D eigenvalue weighted by molar-refractivity contribution is -0.133. The molecule has 1 aliphatic rings. The van der Waals surface area contributed by atoms with Crippen molar-refractivity contribution in [2.75, 3.05) is 26.2 Å². The van der Waals surface area contributed by atoms with E-state index in [1.54, 1.807) is 0 Å². The van der Waals surface area contributed by atoms with E-state index < -0.39 is 23.8 Å². The summed E-state index contributed by atoms with van der Waals surface area (Å²) in [4.78, 5) is 40.6. The van der Waals surface area contributed by atoms with E-state index >= 15 is 0 Å². The standard InChI is InChI=1S/C36H46N4O5/c1-36(2,3)45-35(43)38-24-30-21-23-40(25-31(28-16-9-5-10-17-28)29-18-11-6-12-19-29)33(41)32(39-30)20-13-22-37-34(42)44-26-27-14-7-4-8-15-27/h4-12,14-19,30-32,39H,13,20-26H2,1-3H3,(H,37,42)(H,38,43)/t30-,32+/m1/s1. The zero-order chi connectivity index (χ0) is 32.1. The van der Waals surface area contributed by atoms with Gasteiger partial charge in [0.05, 0.1) is 6.04 Å². The Morgan fingerprint density at radius 1 is 0.889 bits per heavy atom. The van der Waals surface area contributed by atoms with Gasteiger partial charge in [-0.25, -0.2) is 9.59 Å². The first-order valence-corrected chi connectivity index (χ1v) is 15.7. The summed E-state index contributed by atoms with van der Waals surface area (Å²) >= 11 is 0. The predicted octanol–water partition coefficient (Wildman–Crippen LogP) is 5.61. The minimum absolute atomic E-state index is 0.00879. The highest BCUT2D eigenvalue weighted by atomic mass is 16.6. The van der Waals surface area contributed by atoms with Gasteiger partial charge in [0.1, 0.15) is 12.2 Å². The average molecular weight is 615 g/mol. The number of carbonyl (C=O) groups is 3. The van der Waals surface area contributed by atoms with Crippen LogP contribution in [0.3, 0.4) is 0 Å². The van der Waals surface area contributed by atoms with Gasteiger partial charge < -0.3 is 30.3 Å². The molecule has 3 aromatic rings. The monoisotopic (exact) mass is 614 g/mol. The molecule has 3 aromatic carbocycles. The quantitative estimate of drug-likeness (QED) is 0.229. The van der Waals surface area contributed by atoms with Gasteiger partial charge in [0, 0.05) is 38.1 Å². The van der Waals surface area contributed by atoms with Crippen LogP contribution >= 0.6 is 0 Å². The highest BCUT2D eigenvalue weighted by molar-refractivity contribution is 5.82. The van der Waals surface area contributed by atoms with Crippen LogP contribution in [-0.4, -0.2) is 66.9 Å². The minimum atomic E-state index is -0.602. The number of alkyl carbamates (subject to hydrolysis) is 2. The molecule has 4 rings (SSSR count). The van der Waals surface area contributed by atoms with Crippen LogP contribution in [0, 0.1) is 0 Å². The third kappa shape index (κ3) is 11.2. The lowest BCUT2D eigenvalue weighted by Gasteiger charge is -2.29. The van der Waals surface area contributed by atoms with Gasteiger partial charge in [0.2, 0.25) is 5.91 Å². The van der Waals surface area contributed by atoms with Crippen LogP contribution in [-0.2, 0) is 20.9 Å². The number of hydrogen-bond donors (Lipinski definition) is 3. The molecule has 0 bridgehead atoms. The molecule has 0 saturated carbocycles. The smallest absolute Gasteiger partial charge is 0.407 e. The SMILES string of the molecule is CC(C)(C)OC(=O)NC[C@H]1CCN(CC(c2ccccc2)c2ccccc2)C(=O)[C@H](CCCNC(=O)OCc2ccccc2)N1. The molecule has 0 aliphatic carbocycles. The minimum Gasteiger partial charge on any atom is -0.445 e. The van der Waals surface area contributed by atoms with Crippen molar-refractivity contribution < 1.29 is 23.9 Å². The molecule has 3 N–H and O–H groups in total. The fourth-order valence-electron chi connectivity index (χ4n) is 5.42. The Bertz CT molecular complexity index is 1310. The van der Waals surface area contributed by atoms with Crippen molar-refractivity contribution in [3.63, 3.8) is 0 Å².